The third-order valence-corrected chi connectivity index (χ3v) is 3.52. The number of hydrogen-bond acceptors (Lipinski definition) is 4. The van der Waals surface area contributed by atoms with Gasteiger partial charge in [-0.1, -0.05) is 13.3 Å². The number of ether oxygens (including phenoxy) is 1. The fraction of sp³-hybridized carbons (Fsp3) is 0.867. The van der Waals surface area contributed by atoms with E-state index in [-0.39, 0.29) is 12.5 Å². The highest BCUT2D eigenvalue weighted by Gasteiger charge is 2.10. The molecule has 1 aliphatic rings. The molecule has 0 aliphatic carbocycles. The molecule has 1 saturated heterocycles. The van der Waals surface area contributed by atoms with E-state index in [9.17, 15) is 4.79 Å². The van der Waals surface area contributed by atoms with Crippen LogP contribution in [0.25, 0.3) is 0 Å². The predicted molar refractivity (Wildman–Crippen MR) is 89.2 cm³/mol. The van der Waals surface area contributed by atoms with Crippen LogP contribution in [0, 0.1) is 0 Å². The second-order valence-electron chi connectivity index (χ2n) is 5.61. The van der Waals surface area contributed by atoms with Crippen molar-refractivity contribution < 1.29 is 9.53 Å². The number of nitrogens with one attached hydrogen (secondary N) is 2. The summed E-state index contributed by atoms with van der Waals surface area (Å²) < 4.78 is 5.34. The summed E-state index contributed by atoms with van der Waals surface area (Å²) in [5, 5.41) is 6.58. The van der Waals surface area contributed by atoms with E-state index in [4.69, 9.17) is 4.74 Å². The van der Waals surface area contributed by atoms with Crippen LogP contribution < -0.4 is 10.6 Å². The Morgan fingerprint density at radius 1 is 1.23 bits per heavy atom. The number of likely N-dealkylation sites (N-methyl/N-ethyl adjacent to an activating group) is 1. The monoisotopic (exact) mass is 313 g/mol. The molecule has 0 aromatic carbocycles. The maximum Gasteiger partial charge on any atom is 0.243 e. The minimum Gasteiger partial charge on any atom is -0.379 e. The van der Waals surface area contributed by atoms with Gasteiger partial charge in [-0.25, -0.2) is 4.99 Å². The Kier molecular flexibility index (Phi) is 9.57. The molecule has 0 unspecified atom stereocenters. The van der Waals surface area contributed by atoms with Crippen LogP contribution in [-0.4, -0.2) is 88.2 Å². The Labute approximate surface area is 134 Å². The van der Waals surface area contributed by atoms with Gasteiger partial charge in [0.15, 0.2) is 5.96 Å². The molecular weight excluding hydrogens is 282 g/mol. The third kappa shape index (κ3) is 8.19. The van der Waals surface area contributed by atoms with Crippen LogP contribution >= 0.6 is 0 Å². The van der Waals surface area contributed by atoms with Crippen molar-refractivity contribution in [3.05, 3.63) is 0 Å². The molecule has 0 saturated carbocycles. The summed E-state index contributed by atoms with van der Waals surface area (Å²) in [6.07, 6.45) is 2.22. The van der Waals surface area contributed by atoms with Gasteiger partial charge in [0.2, 0.25) is 5.91 Å². The van der Waals surface area contributed by atoms with Gasteiger partial charge in [0, 0.05) is 46.8 Å². The van der Waals surface area contributed by atoms with E-state index in [0.29, 0.717) is 0 Å². The molecule has 0 aromatic heterocycles. The number of hydrogen-bond donors (Lipinski definition) is 2. The van der Waals surface area contributed by atoms with E-state index in [0.717, 1.165) is 64.7 Å². The van der Waals surface area contributed by atoms with Crippen LogP contribution in [0.1, 0.15) is 19.8 Å². The maximum absolute atomic E-state index is 11.6. The molecule has 0 radical (unpaired) electrons. The van der Waals surface area contributed by atoms with E-state index in [2.05, 4.69) is 27.4 Å². The van der Waals surface area contributed by atoms with Crippen molar-refractivity contribution in [3.63, 3.8) is 0 Å². The number of morpholine rings is 1. The summed E-state index contributed by atoms with van der Waals surface area (Å²) in [6.45, 7) is 8.56. The van der Waals surface area contributed by atoms with Crippen LogP contribution in [0.3, 0.4) is 0 Å². The van der Waals surface area contributed by atoms with E-state index in [1.54, 1.807) is 19.0 Å². The van der Waals surface area contributed by atoms with Crippen molar-refractivity contribution in [2.24, 2.45) is 4.99 Å². The number of carbonyl (C=O) groups is 1. The van der Waals surface area contributed by atoms with Crippen LogP contribution in [0.5, 0.6) is 0 Å². The molecule has 1 rings (SSSR count). The minimum absolute atomic E-state index is 0.00442. The average molecular weight is 313 g/mol. The van der Waals surface area contributed by atoms with Gasteiger partial charge in [-0.2, -0.15) is 0 Å². The summed E-state index contributed by atoms with van der Waals surface area (Å²) in [4.78, 5) is 19.9. The first-order valence-corrected chi connectivity index (χ1v) is 8.16. The number of carbonyl (C=O) groups excluding carboxylic acids is 1. The van der Waals surface area contributed by atoms with Crippen LogP contribution in [0.2, 0.25) is 0 Å². The van der Waals surface area contributed by atoms with Crippen molar-refractivity contribution in [2.45, 2.75) is 19.8 Å². The summed E-state index contributed by atoms with van der Waals surface area (Å²) in [6, 6.07) is 0. The molecule has 0 bridgehead atoms. The molecule has 1 aliphatic heterocycles. The van der Waals surface area contributed by atoms with Crippen molar-refractivity contribution in [3.8, 4) is 0 Å². The first-order chi connectivity index (χ1) is 10.6. The highest BCUT2D eigenvalue weighted by atomic mass is 16.5. The zero-order valence-electron chi connectivity index (χ0n) is 14.2. The van der Waals surface area contributed by atoms with E-state index in [1.807, 2.05) is 0 Å². The molecule has 128 valence electrons. The van der Waals surface area contributed by atoms with E-state index in [1.165, 1.54) is 0 Å². The van der Waals surface area contributed by atoms with Crippen LogP contribution in [0.15, 0.2) is 4.99 Å². The molecule has 7 nitrogen and oxygen atoms in total. The van der Waals surface area contributed by atoms with Gasteiger partial charge in [-0.15, -0.1) is 0 Å². The van der Waals surface area contributed by atoms with E-state index >= 15 is 0 Å². The second-order valence-corrected chi connectivity index (χ2v) is 5.61. The zero-order chi connectivity index (χ0) is 16.2. The van der Waals surface area contributed by atoms with E-state index < -0.39 is 0 Å². The molecule has 22 heavy (non-hydrogen) atoms. The molecule has 0 atom stereocenters. The highest BCUT2D eigenvalue weighted by molar-refractivity contribution is 5.84. The number of aliphatic imine (C=N–C) groups is 1. The topological polar surface area (TPSA) is 69.2 Å². The SMILES string of the molecule is CCCCNC(=NCC(=O)N(C)C)NCCN1CCOCC1. The molecule has 0 spiro atoms. The number of guanidine groups is 1. The second kappa shape index (κ2) is 11.3. The number of unbranched alkanes of at least 4 members (excludes halogenated alkanes) is 1. The zero-order valence-corrected chi connectivity index (χ0v) is 14.2. The predicted octanol–water partition coefficient (Wildman–Crippen LogP) is -0.258. The number of rotatable bonds is 8. The third-order valence-electron chi connectivity index (χ3n) is 3.52. The highest BCUT2D eigenvalue weighted by Crippen LogP contribution is 1.94. The largest absolute Gasteiger partial charge is 0.379 e. The first kappa shape index (κ1) is 18.7. The van der Waals surface area contributed by atoms with Crippen molar-refractivity contribution in [1.82, 2.24) is 20.4 Å². The molecule has 1 fully saturated rings. The molecular formula is C15H31N5O2. The standard InChI is InChI=1S/C15H31N5O2/c1-4-5-6-16-15(18-13-14(21)19(2)3)17-7-8-20-9-11-22-12-10-20/h4-13H2,1-3H3,(H2,16,17,18). The molecule has 0 aromatic rings. The van der Waals surface area contributed by atoms with Gasteiger partial charge >= 0.3 is 0 Å². The minimum atomic E-state index is 0.00442. The Balaban J connectivity index is 2.35. The summed E-state index contributed by atoms with van der Waals surface area (Å²) in [5.41, 5.74) is 0. The van der Waals surface area contributed by atoms with Gasteiger partial charge in [0.05, 0.1) is 13.2 Å². The lowest BCUT2D eigenvalue weighted by atomic mass is 10.3. The average Bonchev–Trinajstić information content (AvgIpc) is 2.52. The fourth-order valence-electron chi connectivity index (χ4n) is 2.00. The van der Waals surface area contributed by atoms with Gasteiger partial charge < -0.3 is 20.3 Å². The van der Waals surface area contributed by atoms with Gasteiger partial charge in [-0.05, 0) is 6.42 Å². The van der Waals surface area contributed by atoms with Gasteiger partial charge in [-0.3, -0.25) is 9.69 Å². The van der Waals surface area contributed by atoms with Crippen LogP contribution in [-0.2, 0) is 9.53 Å². The number of amides is 1. The quantitative estimate of drug-likeness (QED) is 0.367. The van der Waals surface area contributed by atoms with Crippen molar-refractivity contribution >= 4 is 11.9 Å². The van der Waals surface area contributed by atoms with Crippen LogP contribution in [0.4, 0.5) is 0 Å². The Bertz CT molecular complexity index is 341. The lowest BCUT2D eigenvalue weighted by Gasteiger charge is -2.26. The maximum atomic E-state index is 11.6. The molecule has 1 amide bonds. The molecule has 7 heteroatoms. The lowest BCUT2D eigenvalue weighted by molar-refractivity contribution is -0.127. The smallest absolute Gasteiger partial charge is 0.243 e. The number of nitrogens with zero attached hydrogens (tertiary/aromatic N) is 3. The van der Waals surface area contributed by atoms with Gasteiger partial charge in [0.25, 0.3) is 0 Å². The Morgan fingerprint density at radius 3 is 2.55 bits per heavy atom. The Hall–Kier alpha value is -1.34. The first-order valence-electron chi connectivity index (χ1n) is 8.16. The fourth-order valence-corrected chi connectivity index (χ4v) is 2.00. The normalized spacial score (nSPS) is 16.4. The molecule has 1 heterocycles. The lowest BCUT2D eigenvalue weighted by Crippen LogP contribution is -2.45. The molecule has 2 N–H and O–H groups in total. The van der Waals surface area contributed by atoms with Crippen molar-refractivity contribution in [2.75, 3.05) is 66.6 Å². The summed E-state index contributed by atoms with van der Waals surface area (Å²) >= 11 is 0. The summed E-state index contributed by atoms with van der Waals surface area (Å²) in [5.74, 6) is 0.724. The Morgan fingerprint density at radius 2 is 1.91 bits per heavy atom. The summed E-state index contributed by atoms with van der Waals surface area (Å²) in [7, 11) is 3.49. The van der Waals surface area contributed by atoms with Crippen molar-refractivity contribution in [1.29, 1.82) is 0 Å². The van der Waals surface area contributed by atoms with Gasteiger partial charge in [0.1, 0.15) is 6.54 Å².